The van der Waals surface area contributed by atoms with Crippen molar-refractivity contribution in [3.05, 3.63) is 62.8 Å². The van der Waals surface area contributed by atoms with Crippen molar-refractivity contribution in [2.45, 2.75) is 45.3 Å². The molecular formula is C24H25F3N4O6. The van der Waals surface area contributed by atoms with Crippen LogP contribution in [0.15, 0.2) is 23.1 Å². The second-order valence-corrected chi connectivity index (χ2v) is 8.88. The molecule has 2 bridgehead atoms. The average Bonchev–Trinajstić information content (AvgIpc) is 2.83. The Morgan fingerprint density at radius 1 is 1.19 bits per heavy atom. The SMILES string of the molecule is CCN1OCC[C@H](C)N2C[C@H](CC1=O)n1cc(C(=O)NCc3c(F)cc(F)cc3F)c(=O)c(O)c1C2=O. The summed E-state index contributed by atoms with van der Waals surface area (Å²) in [5.74, 6) is -6.72. The zero-order valence-corrected chi connectivity index (χ0v) is 20.1. The van der Waals surface area contributed by atoms with Gasteiger partial charge in [-0.1, -0.05) is 0 Å². The lowest BCUT2D eigenvalue weighted by atomic mass is 10.0. The standard InChI is InChI=1S/C24H25F3N4O6/c1-3-31-19(32)8-14-10-29(12(2)4-5-37-31)24(36)20-22(34)21(33)16(11-30(14)20)23(35)28-9-15-17(26)6-13(25)7-18(15)27/h6-7,11-12,14,34H,3-5,8-10H2,1-2H3,(H,28,35)/t12-,14-/m0/s1. The van der Waals surface area contributed by atoms with Crippen LogP contribution in [-0.4, -0.2) is 63.1 Å². The maximum absolute atomic E-state index is 14.0. The van der Waals surface area contributed by atoms with Gasteiger partial charge in [-0.25, -0.2) is 18.2 Å². The molecule has 2 N–H and O–H groups in total. The van der Waals surface area contributed by atoms with Gasteiger partial charge in [0, 0.05) is 49.6 Å². The van der Waals surface area contributed by atoms with E-state index in [0.717, 1.165) is 6.20 Å². The van der Waals surface area contributed by atoms with E-state index in [4.69, 9.17) is 4.84 Å². The number of fused-ring (bicyclic) bond motifs is 4. The predicted octanol–water partition coefficient (Wildman–Crippen LogP) is 1.86. The lowest BCUT2D eigenvalue weighted by Gasteiger charge is -2.40. The molecule has 2 aromatic rings. The number of halogens is 3. The summed E-state index contributed by atoms with van der Waals surface area (Å²) >= 11 is 0. The molecule has 1 aromatic heterocycles. The summed E-state index contributed by atoms with van der Waals surface area (Å²) in [7, 11) is 0. The summed E-state index contributed by atoms with van der Waals surface area (Å²) in [6.07, 6.45) is 1.28. The van der Waals surface area contributed by atoms with E-state index in [1.54, 1.807) is 13.8 Å². The number of rotatable bonds is 4. The van der Waals surface area contributed by atoms with Crippen LogP contribution in [0.5, 0.6) is 5.75 Å². The molecule has 0 aliphatic carbocycles. The maximum atomic E-state index is 14.0. The molecule has 1 saturated heterocycles. The third-order valence-electron chi connectivity index (χ3n) is 6.54. The van der Waals surface area contributed by atoms with E-state index in [2.05, 4.69) is 5.32 Å². The van der Waals surface area contributed by atoms with Gasteiger partial charge in [0.2, 0.25) is 11.3 Å². The van der Waals surface area contributed by atoms with Gasteiger partial charge in [-0.15, -0.1) is 0 Å². The first kappa shape index (κ1) is 26.2. The lowest BCUT2D eigenvalue weighted by Crippen LogP contribution is -2.51. The Hall–Kier alpha value is -3.87. The largest absolute Gasteiger partial charge is 0.503 e. The fraction of sp³-hybridized carbons (Fsp3) is 0.417. The Labute approximate surface area is 209 Å². The van der Waals surface area contributed by atoms with Crippen LogP contribution < -0.4 is 10.7 Å². The molecule has 1 aromatic carbocycles. The van der Waals surface area contributed by atoms with Crippen LogP contribution in [0, 0.1) is 17.5 Å². The molecule has 0 spiro atoms. The van der Waals surface area contributed by atoms with Crippen molar-refractivity contribution in [2.24, 2.45) is 0 Å². The van der Waals surface area contributed by atoms with Gasteiger partial charge in [-0.05, 0) is 20.3 Å². The molecule has 3 amide bonds. The normalized spacial score (nSPS) is 20.0. The maximum Gasteiger partial charge on any atom is 0.274 e. The number of carbonyl (C=O) groups is 3. The first-order valence-electron chi connectivity index (χ1n) is 11.7. The predicted molar refractivity (Wildman–Crippen MR) is 122 cm³/mol. The van der Waals surface area contributed by atoms with Crippen molar-refractivity contribution >= 4 is 17.7 Å². The molecule has 3 heterocycles. The number of hydrogen-bond donors (Lipinski definition) is 2. The van der Waals surface area contributed by atoms with Crippen LogP contribution in [-0.2, 0) is 16.2 Å². The first-order valence-corrected chi connectivity index (χ1v) is 11.7. The Kier molecular flexibility index (Phi) is 7.25. The molecule has 2 aliphatic rings. The van der Waals surface area contributed by atoms with Crippen molar-refractivity contribution < 1.29 is 37.5 Å². The van der Waals surface area contributed by atoms with Crippen molar-refractivity contribution in [1.29, 1.82) is 0 Å². The molecule has 13 heteroatoms. The molecular weight excluding hydrogens is 497 g/mol. The third-order valence-corrected chi connectivity index (χ3v) is 6.54. The zero-order chi connectivity index (χ0) is 27.0. The monoisotopic (exact) mass is 522 g/mol. The molecule has 1 fully saturated rings. The molecule has 2 atom stereocenters. The third kappa shape index (κ3) is 4.90. The number of benzene rings is 1. The number of hydroxylamine groups is 2. The summed E-state index contributed by atoms with van der Waals surface area (Å²) in [5.41, 5.74) is -2.76. The second-order valence-electron chi connectivity index (χ2n) is 8.88. The topological polar surface area (TPSA) is 121 Å². The van der Waals surface area contributed by atoms with E-state index in [9.17, 15) is 37.5 Å². The van der Waals surface area contributed by atoms with Crippen LogP contribution in [0.1, 0.15) is 59.1 Å². The molecule has 198 valence electrons. The second kappa shape index (κ2) is 10.2. The van der Waals surface area contributed by atoms with E-state index in [1.807, 2.05) is 0 Å². The van der Waals surface area contributed by atoms with E-state index in [0.29, 0.717) is 18.6 Å². The van der Waals surface area contributed by atoms with E-state index in [1.165, 1.54) is 14.5 Å². The zero-order valence-electron chi connectivity index (χ0n) is 20.1. The number of nitrogens with one attached hydrogen (secondary N) is 1. The van der Waals surface area contributed by atoms with Gasteiger partial charge < -0.3 is 19.9 Å². The minimum atomic E-state index is -1.23. The summed E-state index contributed by atoms with van der Waals surface area (Å²) in [6, 6.07) is -0.193. The minimum Gasteiger partial charge on any atom is -0.503 e. The number of aromatic nitrogens is 1. The highest BCUT2D eigenvalue weighted by Crippen LogP contribution is 2.31. The van der Waals surface area contributed by atoms with Gasteiger partial charge in [0.05, 0.1) is 19.1 Å². The molecule has 10 nitrogen and oxygen atoms in total. The highest BCUT2D eigenvalue weighted by atomic mass is 19.1. The molecule has 0 unspecified atom stereocenters. The summed E-state index contributed by atoms with van der Waals surface area (Å²) < 4.78 is 42.3. The fourth-order valence-electron chi connectivity index (χ4n) is 4.50. The number of hydrogen-bond acceptors (Lipinski definition) is 6. The first-order chi connectivity index (χ1) is 17.5. The number of pyridine rings is 1. The van der Waals surface area contributed by atoms with Gasteiger partial charge >= 0.3 is 0 Å². The number of nitrogens with zero attached hydrogens (tertiary/aromatic N) is 3. The fourth-order valence-corrected chi connectivity index (χ4v) is 4.50. The Morgan fingerprint density at radius 2 is 1.86 bits per heavy atom. The van der Waals surface area contributed by atoms with Crippen LogP contribution in [0.25, 0.3) is 0 Å². The Bertz CT molecular complexity index is 1310. The van der Waals surface area contributed by atoms with Gasteiger partial charge in [0.25, 0.3) is 11.8 Å². The average molecular weight is 522 g/mol. The van der Waals surface area contributed by atoms with Crippen LogP contribution in [0.4, 0.5) is 13.2 Å². The molecule has 0 radical (unpaired) electrons. The smallest absolute Gasteiger partial charge is 0.274 e. The number of carbonyl (C=O) groups excluding carboxylic acids is 3. The summed E-state index contributed by atoms with van der Waals surface area (Å²) in [6.45, 7) is 3.32. The van der Waals surface area contributed by atoms with Crippen molar-refractivity contribution in [2.75, 3.05) is 19.7 Å². The van der Waals surface area contributed by atoms with E-state index < -0.39 is 70.1 Å². The van der Waals surface area contributed by atoms with Crippen LogP contribution >= 0.6 is 0 Å². The van der Waals surface area contributed by atoms with Crippen LogP contribution in [0.3, 0.4) is 0 Å². The van der Waals surface area contributed by atoms with Gasteiger partial charge in [0.1, 0.15) is 23.0 Å². The van der Waals surface area contributed by atoms with Crippen LogP contribution in [0.2, 0.25) is 0 Å². The number of amides is 3. The van der Waals surface area contributed by atoms with E-state index in [-0.39, 0.29) is 37.9 Å². The Balaban J connectivity index is 1.71. The van der Waals surface area contributed by atoms with E-state index >= 15 is 0 Å². The highest BCUT2D eigenvalue weighted by Gasteiger charge is 2.39. The summed E-state index contributed by atoms with van der Waals surface area (Å²) in [5, 5.41) is 14.1. The lowest BCUT2D eigenvalue weighted by molar-refractivity contribution is -0.188. The highest BCUT2D eigenvalue weighted by molar-refractivity contribution is 5.99. The van der Waals surface area contributed by atoms with Gasteiger partial charge in [0.15, 0.2) is 11.4 Å². The van der Waals surface area contributed by atoms with Gasteiger partial charge in [-0.2, -0.15) is 0 Å². The van der Waals surface area contributed by atoms with Gasteiger partial charge in [-0.3, -0.25) is 24.0 Å². The van der Waals surface area contributed by atoms with Crippen molar-refractivity contribution in [3.8, 4) is 5.75 Å². The Morgan fingerprint density at radius 3 is 2.51 bits per heavy atom. The molecule has 2 aliphatic heterocycles. The molecule has 37 heavy (non-hydrogen) atoms. The van der Waals surface area contributed by atoms with Crippen molar-refractivity contribution in [3.63, 3.8) is 0 Å². The van der Waals surface area contributed by atoms with Crippen molar-refractivity contribution in [1.82, 2.24) is 19.8 Å². The summed E-state index contributed by atoms with van der Waals surface area (Å²) in [4.78, 5) is 58.7. The molecule has 4 rings (SSSR count). The quantitative estimate of drug-likeness (QED) is 0.633. The number of aromatic hydroxyl groups is 1. The minimum absolute atomic E-state index is 0.0751. The molecule has 0 saturated carbocycles.